The van der Waals surface area contributed by atoms with E-state index >= 15 is 0 Å². The first-order valence-electron chi connectivity index (χ1n) is 7.82. The molecule has 1 amide bonds. The first-order chi connectivity index (χ1) is 9.54. The highest BCUT2D eigenvalue weighted by Crippen LogP contribution is 2.60. The Bertz CT molecular complexity index is 547. The van der Waals surface area contributed by atoms with Crippen molar-refractivity contribution in [1.82, 2.24) is 4.98 Å². The number of carbonyl (C=O) groups excluding carboxylic acids is 1. The first kappa shape index (κ1) is 12.3. The van der Waals surface area contributed by atoms with Crippen LogP contribution in [0.15, 0.2) is 0 Å². The van der Waals surface area contributed by atoms with Crippen LogP contribution in [0.2, 0.25) is 0 Å². The number of amides is 1. The van der Waals surface area contributed by atoms with Crippen LogP contribution in [0.1, 0.15) is 59.6 Å². The van der Waals surface area contributed by atoms with Gasteiger partial charge in [0.2, 0.25) is 0 Å². The molecule has 4 fully saturated rings. The molecule has 20 heavy (non-hydrogen) atoms. The second kappa shape index (κ2) is 4.03. The number of nitrogens with two attached hydrogens (primary N) is 2. The first-order valence-corrected chi connectivity index (χ1v) is 7.82. The van der Waals surface area contributed by atoms with E-state index in [0.29, 0.717) is 17.3 Å². The Balaban J connectivity index is 1.80. The van der Waals surface area contributed by atoms with Gasteiger partial charge in [-0.1, -0.05) is 0 Å². The topological polar surface area (TPSA) is 84.9 Å². The van der Waals surface area contributed by atoms with E-state index < -0.39 is 0 Å². The summed E-state index contributed by atoms with van der Waals surface area (Å²) in [4.78, 5) is 15.0. The van der Waals surface area contributed by atoms with Gasteiger partial charge in [0, 0.05) is 5.69 Å². The van der Waals surface area contributed by atoms with Gasteiger partial charge >= 0.3 is 0 Å². The lowest BCUT2D eigenvalue weighted by Crippen LogP contribution is -2.44. The largest absolute Gasteiger partial charge is 0.385 e. The number of aromatic amines is 1. The Morgan fingerprint density at radius 2 is 1.65 bits per heavy atom. The van der Waals surface area contributed by atoms with Crippen molar-refractivity contribution >= 4 is 11.7 Å². The molecule has 4 aliphatic carbocycles. The maximum absolute atomic E-state index is 11.8. The number of anilines is 1. The molecule has 5 rings (SSSR count). The zero-order valence-corrected chi connectivity index (χ0v) is 12.0. The van der Waals surface area contributed by atoms with Crippen LogP contribution in [0, 0.1) is 30.6 Å². The number of H-pyrrole nitrogens is 1. The van der Waals surface area contributed by atoms with Crippen molar-refractivity contribution in [3.63, 3.8) is 0 Å². The van der Waals surface area contributed by atoms with Crippen molar-refractivity contribution < 1.29 is 4.79 Å². The van der Waals surface area contributed by atoms with E-state index in [-0.39, 0.29) is 5.91 Å². The second-order valence-corrected chi connectivity index (χ2v) is 7.27. The molecular weight excluding hydrogens is 250 g/mol. The summed E-state index contributed by atoms with van der Waals surface area (Å²) in [6.45, 7) is 2.03. The molecule has 1 aromatic heterocycles. The molecule has 0 unspecified atom stereocenters. The minimum Gasteiger partial charge on any atom is -0.385 e. The van der Waals surface area contributed by atoms with E-state index in [2.05, 4.69) is 4.98 Å². The van der Waals surface area contributed by atoms with Crippen molar-refractivity contribution in [2.75, 3.05) is 5.73 Å². The van der Waals surface area contributed by atoms with E-state index in [1.165, 1.54) is 32.1 Å². The van der Waals surface area contributed by atoms with E-state index in [0.717, 1.165) is 34.9 Å². The molecule has 0 aromatic carbocycles. The molecule has 5 N–H and O–H groups in total. The van der Waals surface area contributed by atoms with Crippen molar-refractivity contribution in [2.45, 2.75) is 44.9 Å². The lowest BCUT2D eigenvalue weighted by molar-refractivity contribution is -0.00311. The van der Waals surface area contributed by atoms with Crippen molar-refractivity contribution in [1.29, 1.82) is 0 Å². The predicted octanol–water partition coefficient (Wildman–Crippen LogP) is 2.54. The molecule has 0 radical (unpaired) electrons. The minimum absolute atomic E-state index is 0.379. The number of aryl methyl sites for hydroxylation is 1. The van der Waals surface area contributed by atoms with Gasteiger partial charge in [0.15, 0.2) is 0 Å². The molecule has 0 atom stereocenters. The summed E-state index contributed by atoms with van der Waals surface area (Å²) in [6, 6.07) is 0. The predicted molar refractivity (Wildman–Crippen MR) is 78.2 cm³/mol. The summed E-state index contributed by atoms with van der Waals surface area (Å²) < 4.78 is 0. The number of hydrogen-bond acceptors (Lipinski definition) is 2. The quantitative estimate of drug-likeness (QED) is 0.773. The van der Waals surface area contributed by atoms with Crippen LogP contribution in [0.3, 0.4) is 0 Å². The Morgan fingerprint density at radius 3 is 2.15 bits per heavy atom. The van der Waals surface area contributed by atoms with Crippen LogP contribution in [0.25, 0.3) is 0 Å². The average molecular weight is 273 g/mol. The lowest BCUT2D eigenvalue weighted by Gasteiger charge is -2.54. The van der Waals surface area contributed by atoms with Gasteiger partial charge in [-0.2, -0.15) is 0 Å². The van der Waals surface area contributed by atoms with E-state index in [1.54, 1.807) is 0 Å². The number of aromatic nitrogens is 1. The van der Waals surface area contributed by atoms with Crippen LogP contribution >= 0.6 is 0 Å². The number of nitrogen functional groups attached to an aromatic ring is 1. The van der Waals surface area contributed by atoms with E-state index in [9.17, 15) is 4.79 Å². The molecule has 1 heterocycles. The molecule has 0 spiro atoms. The molecule has 4 bridgehead atoms. The smallest absolute Gasteiger partial charge is 0.252 e. The highest BCUT2D eigenvalue weighted by atomic mass is 16.1. The van der Waals surface area contributed by atoms with Crippen LogP contribution in [0.4, 0.5) is 5.82 Å². The Hall–Kier alpha value is -1.45. The summed E-state index contributed by atoms with van der Waals surface area (Å²) in [5, 5.41) is 0. The molecule has 0 aliphatic heterocycles. The number of nitrogens with one attached hydrogen (secondary N) is 1. The molecule has 4 heteroatoms. The van der Waals surface area contributed by atoms with Crippen LogP contribution < -0.4 is 11.5 Å². The number of primary amides is 1. The maximum atomic E-state index is 11.8. The molecule has 4 nitrogen and oxygen atoms in total. The highest BCUT2D eigenvalue weighted by molar-refractivity contribution is 5.99. The lowest BCUT2D eigenvalue weighted by atomic mass is 9.50. The Kier molecular flexibility index (Phi) is 2.48. The molecular formula is C16H23N3O. The molecule has 4 aliphatic rings. The summed E-state index contributed by atoms with van der Waals surface area (Å²) in [6.07, 6.45) is 6.78. The van der Waals surface area contributed by atoms with Gasteiger partial charge < -0.3 is 16.5 Å². The van der Waals surface area contributed by atoms with Gasteiger partial charge in [-0.25, -0.2) is 0 Å². The monoisotopic (exact) mass is 273 g/mol. The summed E-state index contributed by atoms with van der Waals surface area (Å²) in [7, 11) is 0. The standard InChI is InChI=1S/C16H23N3O/c1-7-12(14(16(18)20)15(17)19-7)13-10-3-8-2-9(5-10)6-11(13)4-8/h8-11,13,19H,2-6,17H2,1H3,(H2,18,20). The fraction of sp³-hybridized carbons (Fsp3) is 0.688. The van der Waals surface area contributed by atoms with Crippen molar-refractivity contribution in [3.05, 3.63) is 16.8 Å². The number of carbonyl (C=O) groups is 1. The summed E-state index contributed by atoms with van der Waals surface area (Å²) in [5.41, 5.74) is 14.3. The van der Waals surface area contributed by atoms with Gasteiger partial charge in [0.25, 0.3) is 5.91 Å². The molecule has 108 valence electrons. The van der Waals surface area contributed by atoms with E-state index in [1.807, 2.05) is 6.92 Å². The zero-order valence-electron chi connectivity index (χ0n) is 12.0. The van der Waals surface area contributed by atoms with Crippen LogP contribution in [0.5, 0.6) is 0 Å². The highest BCUT2D eigenvalue weighted by Gasteiger charge is 2.50. The summed E-state index contributed by atoms with van der Waals surface area (Å²) >= 11 is 0. The molecule has 0 saturated heterocycles. The van der Waals surface area contributed by atoms with Gasteiger partial charge in [0.1, 0.15) is 5.82 Å². The fourth-order valence-electron chi connectivity index (χ4n) is 5.74. The van der Waals surface area contributed by atoms with E-state index in [4.69, 9.17) is 11.5 Å². The fourth-order valence-corrected chi connectivity index (χ4v) is 5.74. The maximum Gasteiger partial charge on any atom is 0.252 e. The Labute approximate surface area is 119 Å². The molecule has 4 saturated carbocycles. The van der Waals surface area contributed by atoms with Crippen molar-refractivity contribution in [2.24, 2.45) is 29.4 Å². The van der Waals surface area contributed by atoms with Crippen LogP contribution in [-0.4, -0.2) is 10.9 Å². The van der Waals surface area contributed by atoms with Gasteiger partial charge in [-0.15, -0.1) is 0 Å². The average Bonchev–Trinajstić information content (AvgIpc) is 2.63. The third-order valence-corrected chi connectivity index (χ3v) is 6.07. The van der Waals surface area contributed by atoms with Gasteiger partial charge in [0.05, 0.1) is 5.56 Å². The number of hydrogen-bond donors (Lipinski definition) is 3. The van der Waals surface area contributed by atoms with Gasteiger partial charge in [-0.3, -0.25) is 4.79 Å². The normalized spacial score (nSPS) is 38.4. The van der Waals surface area contributed by atoms with Crippen molar-refractivity contribution in [3.8, 4) is 0 Å². The zero-order chi connectivity index (χ0) is 14.0. The number of rotatable bonds is 2. The molecule has 1 aromatic rings. The Morgan fingerprint density at radius 1 is 1.10 bits per heavy atom. The SMILES string of the molecule is Cc1[nH]c(N)c(C(N)=O)c1C1C2CC3CC(C2)CC1C3. The van der Waals surface area contributed by atoms with Crippen LogP contribution in [-0.2, 0) is 0 Å². The second-order valence-electron chi connectivity index (χ2n) is 7.27. The third kappa shape index (κ3) is 1.57. The minimum atomic E-state index is -0.379. The van der Waals surface area contributed by atoms with Gasteiger partial charge in [-0.05, 0) is 74.2 Å². The third-order valence-electron chi connectivity index (χ3n) is 6.07. The summed E-state index contributed by atoms with van der Waals surface area (Å²) in [5.74, 6) is 3.91.